The molecule has 0 bridgehead atoms. The molecule has 0 spiro atoms. The molecule has 3 heteroatoms. The first-order valence-electron chi connectivity index (χ1n) is 4.59. The molecule has 1 aliphatic heterocycles. The first-order chi connectivity index (χ1) is 5.52. The summed E-state index contributed by atoms with van der Waals surface area (Å²) in [5, 5.41) is 5.87. The summed E-state index contributed by atoms with van der Waals surface area (Å²) in [5.41, 5.74) is 0. The molecule has 0 radical (unpaired) electrons. The molecule has 0 unspecified atom stereocenters. The van der Waals surface area contributed by atoms with E-state index in [0.717, 1.165) is 0 Å². The highest BCUT2D eigenvalue weighted by Gasteiger charge is 2.35. The maximum absolute atomic E-state index is 11.1. The Bertz CT molecular complexity index is 159. The molecule has 2 amide bonds. The minimum absolute atomic E-state index is 0.0209. The Morgan fingerprint density at radius 3 is 1.58 bits per heavy atom. The summed E-state index contributed by atoms with van der Waals surface area (Å²) in [5.74, 6) is 0.993. The van der Waals surface area contributed by atoms with Gasteiger partial charge in [0.15, 0.2) is 0 Å². The Morgan fingerprint density at radius 2 is 1.33 bits per heavy atom. The van der Waals surface area contributed by atoms with E-state index >= 15 is 0 Å². The predicted molar refractivity (Wildman–Crippen MR) is 48.9 cm³/mol. The summed E-state index contributed by atoms with van der Waals surface area (Å²) in [6.45, 7) is 8.53. The van der Waals surface area contributed by atoms with E-state index < -0.39 is 0 Å². The van der Waals surface area contributed by atoms with E-state index in [0.29, 0.717) is 11.8 Å². The number of urea groups is 1. The SMILES string of the molecule is CC(C)[C@H]1NC(=O)N[C@H]1C(C)C. The van der Waals surface area contributed by atoms with Crippen LogP contribution in [0.15, 0.2) is 0 Å². The standard InChI is InChI=1S/C9H18N2O/c1-5(2)7-8(6(3)4)11-9(12)10-7/h5-8H,1-4H3,(H2,10,11,12)/t7-,8+. The lowest BCUT2D eigenvalue weighted by Crippen LogP contribution is -2.41. The highest BCUT2D eigenvalue weighted by molar-refractivity contribution is 5.77. The van der Waals surface area contributed by atoms with Gasteiger partial charge < -0.3 is 10.6 Å². The molecule has 12 heavy (non-hydrogen) atoms. The Balaban J connectivity index is 2.65. The summed E-state index contributed by atoms with van der Waals surface area (Å²) in [6.07, 6.45) is 0. The molecule has 0 aromatic heterocycles. The van der Waals surface area contributed by atoms with Crippen molar-refractivity contribution in [2.45, 2.75) is 39.8 Å². The van der Waals surface area contributed by atoms with E-state index in [1.165, 1.54) is 0 Å². The van der Waals surface area contributed by atoms with Gasteiger partial charge in [0, 0.05) is 0 Å². The van der Waals surface area contributed by atoms with Crippen molar-refractivity contribution in [2.75, 3.05) is 0 Å². The molecule has 0 saturated carbocycles. The normalized spacial score (nSPS) is 29.3. The van der Waals surface area contributed by atoms with Gasteiger partial charge in [-0.1, -0.05) is 27.7 Å². The van der Waals surface area contributed by atoms with Crippen LogP contribution in [0, 0.1) is 11.8 Å². The second-order valence-corrected chi connectivity index (χ2v) is 4.16. The third kappa shape index (κ3) is 1.71. The molecule has 1 heterocycles. The predicted octanol–water partition coefficient (Wildman–Crippen LogP) is 1.35. The van der Waals surface area contributed by atoms with Crippen molar-refractivity contribution in [1.29, 1.82) is 0 Å². The molecular formula is C9H18N2O. The van der Waals surface area contributed by atoms with Crippen molar-refractivity contribution < 1.29 is 4.79 Å². The van der Waals surface area contributed by atoms with E-state index in [-0.39, 0.29) is 18.1 Å². The molecular weight excluding hydrogens is 152 g/mol. The molecule has 3 nitrogen and oxygen atoms in total. The maximum atomic E-state index is 11.1. The van der Waals surface area contributed by atoms with E-state index in [1.54, 1.807) is 0 Å². The molecule has 0 aromatic carbocycles. The zero-order chi connectivity index (χ0) is 9.30. The third-order valence-electron chi connectivity index (χ3n) is 2.42. The monoisotopic (exact) mass is 170 g/mol. The van der Waals surface area contributed by atoms with Crippen molar-refractivity contribution in [3.05, 3.63) is 0 Å². The Labute approximate surface area is 73.9 Å². The van der Waals surface area contributed by atoms with Gasteiger partial charge in [0.1, 0.15) is 0 Å². The lowest BCUT2D eigenvalue weighted by Gasteiger charge is -2.24. The fraction of sp³-hybridized carbons (Fsp3) is 0.889. The van der Waals surface area contributed by atoms with Gasteiger partial charge >= 0.3 is 6.03 Å². The van der Waals surface area contributed by atoms with Gasteiger partial charge in [-0.25, -0.2) is 4.79 Å². The van der Waals surface area contributed by atoms with Crippen molar-refractivity contribution in [2.24, 2.45) is 11.8 Å². The molecule has 1 saturated heterocycles. The van der Waals surface area contributed by atoms with E-state index in [9.17, 15) is 4.79 Å². The van der Waals surface area contributed by atoms with Crippen LogP contribution in [0.3, 0.4) is 0 Å². The van der Waals surface area contributed by atoms with Crippen LogP contribution in [0.1, 0.15) is 27.7 Å². The van der Waals surface area contributed by atoms with Gasteiger partial charge in [-0.05, 0) is 11.8 Å². The van der Waals surface area contributed by atoms with Crippen LogP contribution < -0.4 is 10.6 Å². The maximum Gasteiger partial charge on any atom is 0.315 e. The van der Waals surface area contributed by atoms with Gasteiger partial charge in [-0.2, -0.15) is 0 Å². The molecule has 1 rings (SSSR count). The number of carbonyl (C=O) groups is 1. The van der Waals surface area contributed by atoms with Gasteiger partial charge in [-0.15, -0.1) is 0 Å². The fourth-order valence-electron chi connectivity index (χ4n) is 1.69. The third-order valence-corrected chi connectivity index (χ3v) is 2.42. The number of carbonyl (C=O) groups excluding carboxylic acids is 1. The van der Waals surface area contributed by atoms with Gasteiger partial charge in [0.05, 0.1) is 12.1 Å². The second-order valence-electron chi connectivity index (χ2n) is 4.16. The molecule has 70 valence electrons. The topological polar surface area (TPSA) is 41.1 Å². The van der Waals surface area contributed by atoms with Gasteiger partial charge in [-0.3, -0.25) is 0 Å². The van der Waals surface area contributed by atoms with Crippen molar-refractivity contribution in [1.82, 2.24) is 10.6 Å². The molecule has 1 aliphatic rings. The smallest absolute Gasteiger partial charge is 0.315 e. The number of amides is 2. The van der Waals surface area contributed by atoms with Crippen LogP contribution in [0.25, 0.3) is 0 Å². The largest absolute Gasteiger partial charge is 0.333 e. The van der Waals surface area contributed by atoms with Crippen LogP contribution in [0.5, 0.6) is 0 Å². The Hall–Kier alpha value is -0.730. The Morgan fingerprint density at radius 1 is 1.00 bits per heavy atom. The molecule has 2 N–H and O–H groups in total. The number of hydrogen-bond donors (Lipinski definition) is 2. The first-order valence-corrected chi connectivity index (χ1v) is 4.59. The average molecular weight is 170 g/mol. The van der Waals surface area contributed by atoms with E-state index in [4.69, 9.17) is 0 Å². The van der Waals surface area contributed by atoms with Gasteiger partial charge in [0.2, 0.25) is 0 Å². The van der Waals surface area contributed by atoms with Crippen LogP contribution in [-0.4, -0.2) is 18.1 Å². The molecule has 2 atom stereocenters. The molecule has 1 fully saturated rings. The first kappa shape index (κ1) is 9.36. The van der Waals surface area contributed by atoms with E-state index in [1.807, 2.05) is 0 Å². The highest BCUT2D eigenvalue weighted by Crippen LogP contribution is 2.17. The number of nitrogens with one attached hydrogen (secondary N) is 2. The fourth-order valence-corrected chi connectivity index (χ4v) is 1.69. The zero-order valence-corrected chi connectivity index (χ0v) is 8.22. The quantitative estimate of drug-likeness (QED) is 0.645. The molecule has 0 aliphatic carbocycles. The summed E-state index contributed by atoms with van der Waals surface area (Å²) in [6, 6.07) is 0.558. The summed E-state index contributed by atoms with van der Waals surface area (Å²) < 4.78 is 0. The lowest BCUT2D eigenvalue weighted by molar-refractivity contribution is 0.246. The highest BCUT2D eigenvalue weighted by atomic mass is 16.2. The average Bonchev–Trinajstić information content (AvgIpc) is 2.31. The summed E-state index contributed by atoms with van der Waals surface area (Å²) in [7, 11) is 0. The minimum Gasteiger partial charge on any atom is -0.333 e. The second kappa shape index (κ2) is 3.33. The van der Waals surface area contributed by atoms with Crippen LogP contribution >= 0.6 is 0 Å². The number of hydrogen-bond acceptors (Lipinski definition) is 1. The van der Waals surface area contributed by atoms with Crippen LogP contribution in [0.4, 0.5) is 4.79 Å². The van der Waals surface area contributed by atoms with Gasteiger partial charge in [0.25, 0.3) is 0 Å². The minimum atomic E-state index is -0.0209. The Kier molecular flexibility index (Phi) is 2.60. The lowest BCUT2D eigenvalue weighted by atomic mass is 9.90. The zero-order valence-electron chi connectivity index (χ0n) is 8.22. The summed E-state index contributed by atoms with van der Waals surface area (Å²) in [4.78, 5) is 11.1. The van der Waals surface area contributed by atoms with Crippen LogP contribution in [-0.2, 0) is 0 Å². The summed E-state index contributed by atoms with van der Waals surface area (Å²) >= 11 is 0. The van der Waals surface area contributed by atoms with Crippen molar-refractivity contribution >= 4 is 6.03 Å². The van der Waals surface area contributed by atoms with Crippen molar-refractivity contribution in [3.63, 3.8) is 0 Å². The van der Waals surface area contributed by atoms with E-state index in [2.05, 4.69) is 38.3 Å². The number of rotatable bonds is 2. The molecule has 0 aromatic rings. The van der Waals surface area contributed by atoms with Crippen LogP contribution in [0.2, 0.25) is 0 Å². The van der Waals surface area contributed by atoms with Crippen molar-refractivity contribution in [3.8, 4) is 0 Å².